The van der Waals surface area contributed by atoms with Crippen LogP contribution in [-0.4, -0.2) is 46.6 Å². The van der Waals surface area contributed by atoms with Crippen molar-refractivity contribution in [3.05, 3.63) is 65.0 Å². The normalized spacial score (nSPS) is 17.4. The van der Waals surface area contributed by atoms with E-state index in [1.807, 2.05) is 35.1 Å². The Morgan fingerprint density at radius 3 is 2.44 bits per heavy atom. The summed E-state index contributed by atoms with van der Waals surface area (Å²) in [4.78, 5) is 39.5. The zero-order chi connectivity index (χ0) is 25.0. The van der Waals surface area contributed by atoms with Crippen molar-refractivity contribution in [2.45, 2.75) is 38.0 Å². The highest BCUT2D eigenvalue weighted by Crippen LogP contribution is 2.33. The number of amides is 2. The van der Waals surface area contributed by atoms with Gasteiger partial charge in [0.25, 0.3) is 5.97 Å². The van der Waals surface area contributed by atoms with Crippen LogP contribution in [0.25, 0.3) is 11.0 Å². The van der Waals surface area contributed by atoms with Gasteiger partial charge in [0.15, 0.2) is 0 Å². The van der Waals surface area contributed by atoms with Gasteiger partial charge in [0.2, 0.25) is 15.9 Å². The first-order valence-corrected chi connectivity index (χ1v) is 11.8. The van der Waals surface area contributed by atoms with Crippen molar-refractivity contribution in [3.8, 4) is 0 Å². The minimum Gasteiger partial charge on any atom is -0.481 e. The summed E-state index contributed by atoms with van der Waals surface area (Å²) in [5, 5.41) is 18.3. The number of carboxylic acid groups (broad SMARTS) is 2. The minimum absolute atomic E-state index is 0.106. The van der Waals surface area contributed by atoms with E-state index in [2.05, 4.69) is 15.3 Å². The van der Waals surface area contributed by atoms with Crippen molar-refractivity contribution >= 4 is 39.0 Å². The lowest BCUT2D eigenvalue weighted by Crippen LogP contribution is -2.29. The number of carbonyl (C=O) groups excluding carboxylic acids is 1. The lowest BCUT2D eigenvalue weighted by Gasteiger charge is -2.17. The molecule has 11 nitrogen and oxygen atoms in total. The number of carbonyl (C=O) groups is 3. The first-order valence-electron chi connectivity index (χ1n) is 10.2. The number of imidazole rings is 1. The second-order valence-corrected chi connectivity index (χ2v) is 9.68. The molecule has 1 aliphatic heterocycles. The van der Waals surface area contributed by atoms with E-state index in [0.717, 1.165) is 29.1 Å². The first kappa shape index (κ1) is 24.7. The molecule has 180 valence electrons. The molecule has 1 saturated heterocycles. The maximum atomic E-state index is 12.2. The maximum absolute atomic E-state index is 12.2. The van der Waals surface area contributed by atoms with Gasteiger partial charge in [-0.25, -0.2) is 18.2 Å². The number of rotatable bonds is 5. The maximum Gasteiger partial charge on any atom is 0.405 e. The van der Waals surface area contributed by atoms with Gasteiger partial charge >= 0.3 is 6.09 Å². The summed E-state index contributed by atoms with van der Waals surface area (Å²) in [6, 6.07) is 12.0. The molecule has 34 heavy (non-hydrogen) atoms. The van der Waals surface area contributed by atoms with E-state index in [4.69, 9.17) is 9.90 Å². The number of H-pyrrole nitrogens is 1. The lowest BCUT2D eigenvalue weighted by atomic mass is 9.97. The molecule has 1 aliphatic rings. The molecule has 1 unspecified atom stereocenters. The van der Waals surface area contributed by atoms with Crippen LogP contribution in [0.15, 0.2) is 42.5 Å². The zero-order valence-electron chi connectivity index (χ0n) is 18.4. The number of hydrogen-bond donors (Lipinski definition) is 5. The van der Waals surface area contributed by atoms with E-state index < -0.39 is 39.3 Å². The fourth-order valence-electron chi connectivity index (χ4n) is 3.79. The summed E-state index contributed by atoms with van der Waals surface area (Å²) in [5.74, 6) is -0.854. The summed E-state index contributed by atoms with van der Waals surface area (Å²) >= 11 is 0. The standard InChI is InChI=1S/C20H20N4O5S.C2H4O2/c1-11-8-12(6-7-13(11)17-10-18(25)24-30(17,28)29)9-16(23-20(26)27)19-21-14-4-2-3-5-15(14)22-19;1-2(3)4/h2-8,16-17,23H,9-10H2,1H3,(H,21,22)(H,24,25)(H,26,27);1H3,(H,3,4)/t16-,17?;/m0./s1. The number of carboxylic acids is 1. The van der Waals surface area contributed by atoms with Crippen molar-refractivity contribution in [1.82, 2.24) is 20.0 Å². The van der Waals surface area contributed by atoms with E-state index in [9.17, 15) is 23.1 Å². The topological polar surface area (TPSA) is 179 Å². The van der Waals surface area contributed by atoms with Crippen LogP contribution in [0.5, 0.6) is 0 Å². The highest BCUT2D eigenvalue weighted by Gasteiger charge is 2.38. The van der Waals surface area contributed by atoms with Crippen molar-refractivity contribution in [2.24, 2.45) is 0 Å². The Hall–Kier alpha value is -3.93. The average molecular weight is 489 g/mol. The smallest absolute Gasteiger partial charge is 0.405 e. The molecule has 2 amide bonds. The van der Waals surface area contributed by atoms with Crippen LogP contribution in [0.3, 0.4) is 0 Å². The van der Waals surface area contributed by atoms with E-state index in [-0.39, 0.29) is 6.42 Å². The summed E-state index contributed by atoms with van der Waals surface area (Å²) in [6.45, 7) is 2.86. The highest BCUT2D eigenvalue weighted by atomic mass is 32.2. The number of hydrogen-bond acceptors (Lipinski definition) is 6. The third kappa shape index (κ3) is 5.90. The van der Waals surface area contributed by atoms with Gasteiger partial charge in [-0.2, -0.15) is 0 Å². The molecule has 0 bridgehead atoms. The molecule has 1 aromatic heterocycles. The van der Waals surface area contributed by atoms with Gasteiger partial charge in [0, 0.05) is 13.3 Å². The predicted molar refractivity (Wildman–Crippen MR) is 123 cm³/mol. The van der Waals surface area contributed by atoms with Gasteiger partial charge in [-0.1, -0.05) is 30.3 Å². The van der Waals surface area contributed by atoms with Gasteiger partial charge in [-0.05, 0) is 35.7 Å². The summed E-state index contributed by atoms with van der Waals surface area (Å²) < 4.78 is 26.3. The molecular formula is C22H24N4O7S. The van der Waals surface area contributed by atoms with E-state index in [1.165, 1.54) is 0 Å². The fraction of sp³-hybridized carbons (Fsp3) is 0.273. The quantitative estimate of drug-likeness (QED) is 0.363. The third-order valence-corrected chi connectivity index (χ3v) is 6.84. The number of fused-ring (bicyclic) bond motifs is 1. The summed E-state index contributed by atoms with van der Waals surface area (Å²) in [6.07, 6.45) is -0.956. The van der Waals surface area contributed by atoms with Crippen LogP contribution in [0.2, 0.25) is 0 Å². The Labute approximate surface area is 195 Å². The van der Waals surface area contributed by atoms with Crippen molar-refractivity contribution in [1.29, 1.82) is 0 Å². The van der Waals surface area contributed by atoms with Gasteiger partial charge in [0.1, 0.15) is 11.1 Å². The minimum atomic E-state index is -3.73. The molecule has 4 rings (SSSR count). The number of aromatic nitrogens is 2. The first-order chi connectivity index (χ1) is 16.0. The molecule has 5 N–H and O–H groups in total. The Morgan fingerprint density at radius 1 is 1.21 bits per heavy atom. The summed E-state index contributed by atoms with van der Waals surface area (Å²) in [7, 11) is -3.73. The molecule has 2 heterocycles. The van der Waals surface area contributed by atoms with E-state index >= 15 is 0 Å². The molecule has 3 aromatic rings. The van der Waals surface area contributed by atoms with Crippen LogP contribution in [0, 0.1) is 6.92 Å². The number of nitrogens with one attached hydrogen (secondary N) is 3. The molecule has 0 spiro atoms. The SMILES string of the molecule is CC(=O)O.Cc1cc(C[C@H](NC(=O)O)c2nc3ccccc3[nH]2)ccc1C1CC(=O)NS1(=O)=O. The monoisotopic (exact) mass is 488 g/mol. The van der Waals surface area contributed by atoms with Gasteiger partial charge < -0.3 is 20.5 Å². The number of aromatic amines is 1. The number of benzene rings is 2. The molecule has 0 aliphatic carbocycles. The predicted octanol–water partition coefficient (Wildman–Crippen LogP) is 2.40. The number of nitrogens with zero attached hydrogens (tertiary/aromatic N) is 1. The largest absolute Gasteiger partial charge is 0.481 e. The van der Waals surface area contributed by atoms with Gasteiger partial charge in [-0.3, -0.25) is 14.3 Å². The molecule has 0 saturated carbocycles. The van der Waals surface area contributed by atoms with Crippen LogP contribution >= 0.6 is 0 Å². The summed E-state index contributed by atoms with van der Waals surface area (Å²) in [5.41, 5.74) is 3.63. The van der Waals surface area contributed by atoms with Gasteiger partial charge in [0.05, 0.1) is 23.5 Å². The van der Waals surface area contributed by atoms with Crippen molar-refractivity contribution in [2.75, 3.05) is 0 Å². The molecule has 1 fully saturated rings. The van der Waals surface area contributed by atoms with Crippen LogP contribution < -0.4 is 10.0 Å². The third-order valence-electron chi connectivity index (χ3n) is 5.16. The van der Waals surface area contributed by atoms with E-state index in [1.54, 1.807) is 19.1 Å². The number of aryl methyl sites for hydroxylation is 1. The molecule has 12 heteroatoms. The Balaban J connectivity index is 0.000000751. The number of para-hydroxylation sites is 2. The Kier molecular flexibility index (Phi) is 7.20. The van der Waals surface area contributed by atoms with Crippen LogP contribution in [-0.2, 0) is 26.0 Å². The van der Waals surface area contributed by atoms with Crippen molar-refractivity contribution < 1.29 is 33.0 Å². The average Bonchev–Trinajstić information content (AvgIpc) is 3.26. The molecule has 2 atom stereocenters. The fourth-order valence-corrected chi connectivity index (χ4v) is 5.30. The number of aliphatic carboxylic acids is 1. The zero-order valence-corrected chi connectivity index (χ0v) is 19.2. The molecule has 2 aromatic carbocycles. The Morgan fingerprint density at radius 2 is 1.88 bits per heavy atom. The van der Waals surface area contributed by atoms with Crippen LogP contribution in [0.1, 0.15) is 47.2 Å². The molecular weight excluding hydrogens is 464 g/mol. The van der Waals surface area contributed by atoms with E-state index in [0.29, 0.717) is 17.8 Å². The van der Waals surface area contributed by atoms with Crippen LogP contribution in [0.4, 0.5) is 4.79 Å². The lowest BCUT2D eigenvalue weighted by molar-refractivity contribution is -0.134. The highest BCUT2D eigenvalue weighted by molar-refractivity contribution is 7.90. The molecule has 0 radical (unpaired) electrons. The van der Waals surface area contributed by atoms with Crippen molar-refractivity contribution in [3.63, 3.8) is 0 Å². The second-order valence-electron chi connectivity index (χ2n) is 7.82. The Bertz CT molecular complexity index is 1310. The number of sulfonamides is 1. The van der Waals surface area contributed by atoms with Gasteiger partial charge in [-0.15, -0.1) is 0 Å². The second kappa shape index (κ2) is 9.91.